The Morgan fingerprint density at radius 3 is 1.60 bits per heavy atom. The minimum absolute atomic E-state index is 0.915. The summed E-state index contributed by atoms with van der Waals surface area (Å²) < 4.78 is 0. The van der Waals surface area contributed by atoms with Crippen molar-refractivity contribution in [2.75, 3.05) is 0 Å². The van der Waals surface area contributed by atoms with Crippen LogP contribution in [0.1, 0.15) is 0 Å². The van der Waals surface area contributed by atoms with Crippen LogP contribution in [0.15, 0.2) is 53.9 Å². The molecule has 0 unspecified atom stereocenters. The minimum atomic E-state index is 0.915. The van der Waals surface area contributed by atoms with Crippen LogP contribution in [0.5, 0.6) is 0 Å². The molecule has 4 heteroatoms. The second kappa shape index (κ2) is 6.26. The van der Waals surface area contributed by atoms with Gasteiger partial charge in [0.1, 0.15) is 0 Å². The Kier molecular flexibility index (Phi) is 4.53. The number of nitrogens with zero attached hydrogens (tertiary/aromatic N) is 3. The van der Waals surface area contributed by atoms with Crippen molar-refractivity contribution in [1.82, 2.24) is 9.97 Å². The van der Waals surface area contributed by atoms with Crippen LogP contribution in [0.2, 0.25) is 0 Å². The molecular formula is C11H11N3O. The molecule has 4 nitrogen and oxygen atoms in total. The molecule has 76 valence electrons. The second-order valence-corrected chi connectivity index (χ2v) is 2.57. The van der Waals surface area contributed by atoms with Crippen molar-refractivity contribution in [1.29, 1.82) is 0 Å². The average molecular weight is 201 g/mol. The van der Waals surface area contributed by atoms with E-state index in [0.29, 0.717) is 0 Å². The zero-order chi connectivity index (χ0) is 10.9. The first-order chi connectivity index (χ1) is 7.38. The SMILES string of the molecule is C=NO.c1ccc(-c2ccccn2)nc1. The van der Waals surface area contributed by atoms with Gasteiger partial charge in [0, 0.05) is 19.1 Å². The van der Waals surface area contributed by atoms with Crippen molar-refractivity contribution >= 4 is 6.72 Å². The van der Waals surface area contributed by atoms with E-state index in [1.165, 1.54) is 0 Å². The summed E-state index contributed by atoms with van der Waals surface area (Å²) in [5, 5.41) is 9.33. The van der Waals surface area contributed by atoms with Gasteiger partial charge in [-0.2, -0.15) is 0 Å². The maximum absolute atomic E-state index is 7.08. The summed E-state index contributed by atoms with van der Waals surface area (Å²) in [6, 6.07) is 11.6. The normalized spacial score (nSPS) is 8.53. The zero-order valence-corrected chi connectivity index (χ0v) is 8.11. The van der Waals surface area contributed by atoms with Gasteiger partial charge in [-0.25, -0.2) is 0 Å². The lowest BCUT2D eigenvalue weighted by Gasteiger charge is -1.96. The Morgan fingerprint density at radius 1 is 0.933 bits per heavy atom. The average Bonchev–Trinajstić information content (AvgIpc) is 2.32. The number of aromatic nitrogens is 2. The number of hydrogen-bond acceptors (Lipinski definition) is 4. The summed E-state index contributed by atoms with van der Waals surface area (Å²) in [7, 11) is 0. The van der Waals surface area contributed by atoms with Crippen molar-refractivity contribution < 1.29 is 5.21 Å². The zero-order valence-electron chi connectivity index (χ0n) is 8.11. The molecule has 2 aromatic heterocycles. The summed E-state index contributed by atoms with van der Waals surface area (Å²) in [6.45, 7) is 2.67. The van der Waals surface area contributed by atoms with Gasteiger partial charge >= 0.3 is 0 Å². The molecular weight excluding hydrogens is 190 g/mol. The molecule has 0 atom stereocenters. The molecule has 0 spiro atoms. The van der Waals surface area contributed by atoms with Gasteiger partial charge in [0.25, 0.3) is 0 Å². The summed E-state index contributed by atoms with van der Waals surface area (Å²) in [5.74, 6) is 0. The van der Waals surface area contributed by atoms with Gasteiger partial charge in [-0.05, 0) is 24.3 Å². The Hall–Kier alpha value is -2.23. The molecule has 2 heterocycles. The van der Waals surface area contributed by atoms with Gasteiger partial charge < -0.3 is 5.21 Å². The van der Waals surface area contributed by atoms with Crippen LogP contribution >= 0.6 is 0 Å². The molecule has 0 saturated carbocycles. The van der Waals surface area contributed by atoms with E-state index >= 15 is 0 Å². The lowest BCUT2D eigenvalue weighted by molar-refractivity contribution is 0.323. The Morgan fingerprint density at radius 2 is 1.33 bits per heavy atom. The second-order valence-electron chi connectivity index (χ2n) is 2.57. The molecule has 2 aromatic rings. The lowest BCUT2D eigenvalue weighted by atomic mass is 10.2. The molecule has 0 aliphatic heterocycles. The van der Waals surface area contributed by atoms with Crippen molar-refractivity contribution in [3.05, 3.63) is 48.8 Å². The maximum atomic E-state index is 7.08. The molecule has 0 fully saturated rings. The van der Waals surface area contributed by atoms with E-state index in [9.17, 15) is 0 Å². The first kappa shape index (κ1) is 10.8. The summed E-state index contributed by atoms with van der Waals surface area (Å²) >= 11 is 0. The van der Waals surface area contributed by atoms with E-state index in [2.05, 4.69) is 21.8 Å². The van der Waals surface area contributed by atoms with E-state index in [0.717, 1.165) is 11.4 Å². The smallest absolute Gasteiger partial charge is 0.0886 e. The highest BCUT2D eigenvalue weighted by Gasteiger charge is 1.95. The highest BCUT2D eigenvalue weighted by atomic mass is 16.4. The molecule has 0 amide bonds. The molecule has 0 aromatic carbocycles. The largest absolute Gasteiger partial charge is 0.411 e. The first-order valence-electron chi connectivity index (χ1n) is 4.31. The summed E-state index contributed by atoms with van der Waals surface area (Å²) in [6.07, 6.45) is 3.54. The van der Waals surface area contributed by atoms with Crippen molar-refractivity contribution in [2.24, 2.45) is 5.16 Å². The Bertz CT molecular complexity index is 352. The monoisotopic (exact) mass is 201 g/mol. The van der Waals surface area contributed by atoms with Crippen LogP contribution in [0.4, 0.5) is 0 Å². The third kappa shape index (κ3) is 3.56. The van der Waals surface area contributed by atoms with E-state index < -0.39 is 0 Å². The predicted octanol–water partition coefficient (Wildman–Crippen LogP) is 2.22. The number of oxime groups is 1. The van der Waals surface area contributed by atoms with Crippen LogP contribution < -0.4 is 0 Å². The standard InChI is InChI=1S/C10H8N2.CH3NO/c1-3-7-11-9(5-1)10-6-2-4-8-12-10;1-2-3/h1-8H;3H,1H2. The number of pyridine rings is 2. The van der Waals surface area contributed by atoms with Crippen molar-refractivity contribution in [3.8, 4) is 11.4 Å². The minimum Gasteiger partial charge on any atom is -0.411 e. The molecule has 0 aliphatic carbocycles. The van der Waals surface area contributed by atoms with Crippen LogP contribution in [0.3, 0.4) is 0 Å². The van der Waals surface area contributed by atoms with Gasteiger partial charge in [0.15, 0.2) is 0 Å². The first-order valence-corrected chi connectivity index (χ1v) is 4.31. The third-order valence-corrected chi connectivity index (χ3v) is 1.59. The van der Waals surface area contributed by atoms with Crippen LogP contribution in [0.25, 0.3) is 11.4 Å². The number of hydrogen-bond donors (Lipinski definition) is 1. The molecule has 15 heavy (non-hydrogen) atoms. The van der Waals surface area contributed by atoms with E-state index in [1.807, 2.05) is 36.4 Å². The van der Waals surface area contributed by atoms with Crippen LogP contribution in [-0.4, -0.2) is 21.9 Å². The fourth-order valence-corrected chi connectivity index (χ4v) is 1.03. The third-order valence-electron chi connectivity index (χ3n) is 1.59. The van der Waals surface area contributed by atoms with Gasteiger partial charge in [0.05, 0.1) is 11.4 Å². The van der Waals surface area contributed by atoms with Gasteiger partial charge in [-0.15, -0.1) is 5.16 Å². The van der Waals surface area contributed by atoms with Crippen LogP contribution in [-0.2, 0) is 0 Å². The lowest BCUT2D eigenvalue weighted by Crippen LogP contribution is -1.83. The molecule has 0 radical (unpaired) electrons. The van der Waals surface area contributed by atoms with E-state index in [4.69, 9.17) is 5.21 Å². The topological polar surface area (TPSA) is 58.4 Å². The van der Waals surface area contributed by atoms with E-state index in [1.54, 1.807) is 12.4 Å². The predicted molar refractivity (Wildman–Crippen MR) is 58.8 cm³/mol. The van der Waals surface area contributed by atoms with Gasteiger partial charge in [-0.1, -0.05) is 12.1 Å². The van der Waals surface area contributed by atoms with Crippen LogP contribution in [0, 0.1) is 0 Å². The highest BCUT2D eigenvalue weighted by molar-refractivity contribution is 5.52. The fraction of sp³-hybridized carbons (Fsp3) is 0. The molecule has 0 saturated heterocycles. The molecule has 2 rings (SSSR count). The fourth-order valence-electron chi connectivity index (χ4n) is 1.03. The molecule has 0 aliphatic rings. The van der Waals surface area contributed by atoms with Crippen molar-refractivity contribution in [2.45, 2.75) is 0 Å². The number of rotatable bonds is 1. The maximum Gasteiger partial charge on any atom is 0.0886 e. The molecule has 1 N–H and O–H groups in total. The Balaban J connectivity index is 0.000000337. The van der Waals surface area contributed by atoms with Crippen molar-refractivity contribution in [3.63, 3.8) is 0 Å². The highest BCUT2D eigenvalue weighted by Crippen LogP contribution is 2.10. The quantitative estimate of drug-likeness (QED) is 0.437. The van der Waals surface area contributed by atoms with Gasteiger partial charge in [-0.3, -0.25) is 9.97 Å². The van der Waals surface area contributed by atoms with Gasteiger partial charge in [0.2, 0.25) is 0 Å². The summed E-state index contributed by atoms with van der Waals surface area (Å²) in [4.78, 5) is 8.37. The van der Waals surface area contributed by atoms with E-state index in [-0.39, 0.29) is 0 Å². The molecule has 0 bridgehead atoms. The summed E-state index contributed by atoms with van der Waals surface area (Å²) in [5.41, 5.74) is 1.83. The Labute approximate surface area is 87.9 Å².